The van der Waals surface area contributed by atoms with Crippen LogP contribution in [0.25, 0.3) is 0 Å². The highest BCUT2D eigenvalue weighted by atomic mass is 35.5. The van der Waals surface area contributed by atoms with Gasteiger partial charge in [0.25, 0.3) is 5.69 Å². The van der Waals surface area contributed by atoms with Crippen molar-refractivity contribution in [1.29, 1.82) is 0 Å². The second-order valence-corrected chi connectivity index (χ2v) is 6.93. The monoisotopic (exact) mass is 406 g/mol. The maximum absolute atomic E-state index is 12.4. The van der Waals surface area contributed by atoms with E-state index in [9.17, 15) is 14.9 Å². The number of carbonyl (C=O) groups excluding carboxylic acids is 1. The van der Waals surface area contributed by atoms with Gasteiger partial charge in [-0.05, 0) is 42.0 Å². The smallest absolute Gasteiger partial charge is 0.269 e. The summed E-state index contributed by atoms with van der Waals surface area (Å²) in [4.78, 5) is 24.5. The number of halogens is 1. The van der Waals surface area contributed by atoms with Crippen molar-refractivity contribution >= 4 is 40.3 Å². The zero-order valence-electron chi connectivity index (χ0n) is 15.1. The largest absolute Gasteiger partial charge is 0.302 e. The molecule has 0 aliphatic carbocycles. The molecule has 3 aromatic rings. The van der Waals surface area contributed by atoms with Crippen molar-refractivity contribution in [2.75, 3.05) is 4.90 Å². The zero-order chi connectivity index (χ0) is 20.4. The summed E-state index contributed by atoms with van der Waals surface area (Å²) in [5.74, 6) is -0.248. The summed E-state index contributed by atoms with van der Waals surface area (Å²) >= 11 is 6.23. The number of rotatable bonds is 5. The van der Waals surface area contributed by atoms with Crippen molar-refractivity contribution in [3.05, 3.63) is 94.5 Å². The normalized spacial score (nSPS) is 18.7. The molecular formula is C21H15ClN4O3. The Hall–Kier alpha value is -3.58. The van der Waals surface area contributed by atoms with Gasteiger partial charge in [0, 0.05) is 17.8 Å². The SMILES string of the molecule is O=C1C(Cl)C(c2cccc([N+](=O)[O-])c2)N1c1ccc(N=Nc2ccccc2)cc1. The van der Waals surface area contributed by atoms with Crippen LogP contribution in [0.2, 0.25) is 0 Å². The minimum absolute atomic E-state index is 0.0395. The number of hydrogen-bond donors (Lipinski definition) is 0. The summed E-state index contributed by atoms with van der Waals surface area (Å²) in [6.07, 6.45) is 0. The van der Waals surface area contributed by atoms with E-state index in [2.05, 4.69) is 10.2 Å². The second-order valence-electron chi connectivity index (χ2n) is 6.46. The van der Waals surface area contributed by atoms with Crippen molar-refractivity contribution in [3.8, 4) is 0 Å². The molecule has 29 heavy (non-hydrogen) atoms. The van der Waals surface area contributed by atoms with Gasteiger partial charge in [-0.1, -0.05) is 30.3 Å². The molecule has 2 atom stereocenters. The van der Waals surface area contributed by atoms with Gasteiger partial charge in [-0.3, -0.25) is 14.9 Å². The van der Waals surface area contributed by atoms with Gasteiger partial charge >= 0.3 is 0 Å². The predicted octanol–water partition coefficient (Wildman–Crippen LogP) is 5.71. The van der Waals surface area contributed by atoms with Gasteiger partial charge in [-0.15, -0.1) is 11.6 Å². The molecule has 2 unspecified atom stereocenters. The molecule has 0 aromatic heterocycles. The molecule has 7 nitrogen and oxygen atoms in total. The van der Waals surface area contributed by atoms with E-state index in [1.165, 1.54) is 17.0 Å². The highest BCUT2D eigenvalue weighted by molar-refractivity contribution is 6.37. The van der Waals surface area contributed by atoms with E-state index < -0.39 is 16.3 Å². The quantitative estimate of drug-likeness (QED) is 0.179. The molecule has 144 valence electrons. The molecule has 0 spiro atoms. The third-order valence-corrected chi connectivity index (χ3v) is 5.04. The van der Waals surface area contributed by atoms with Crippen molar-refractivity contribution < 1.29 is 9.72 Å². The van der Waals surface area contributed by atoms with Gasteiger partial charge in [-0.2, -0.15) is 10.2 Å². The fourth-order valence-electron chi connectivity index (χ4n) is 3.17. The lowest BCUT2D eigenvalue weighted by Gasteiger charge is -2.44. The number of nitro groups is 1. The number of azo groups is 1. The molecule has 1 heterocycles. The number of benzene rings is 3. The molecule has 1 aliphatic heterocycles. The predicted molar refractivity (Wildman–Crippen MR) is 110 cm³/mol. The highest BCUT2D eigenvalue weighted by Crippen LogP contribution is 2.43. The molecule has 0 N–H and O–H groups in total. The first kappa shape index (κ1) is 18.8. The molecule has 1 amide bonds. The van der Waals surface area contributed by atoms with Crippen LogP contribution in [0.15, 0.2) is 89.1 Å². The number of anilines is 1. The number of non-ortho nitro benzene ring substituents is 1. The molecule has 0 radical (unpaired) electrons. The standard InChI is InChI=1S/C21H15ClN4O3/c22-19-20(14-5-4-8-18(13-14)26(28)29)25(21(19)27)17-11-9-16(10-12-17)24-23-15-6-2-1-3-7-15/h1-13,19-20H. The summed E-state index contributed by atoms with van der Waals surface area (Å²) in [7, 11) is 0. The van der Waals surface area contributed by atoms with E-state index in [1.54, 1.807) is 36.4 Å². The van der Waals surface area contributed by atoms with Gasteiger partial charge in [-0.25, -0.2) is 0 Å². The zero-order valence-corrected chi connectivity index (χ0v) is 15.8. The van der Waals surface area contributed by atoms with Gasteiger partial charge in [0.15, 0.2) is 0 Å². The average molecular weight is 407 g/mol. The van der Waals surface area contributed by atoms with Crippen LogP contribution in [-0.4, -0.2) is 16.2 Å². The molecule has 0 saturated carbocycles. The molecule has 4 rings (SSSR count). The van der Waals surface area contributed by atoms with Crippen molar-refractivity contribution in [3.63, 3.8) is 0 Å². The van der Waals surface area contributed by atoms with E-state index in [1.807, 2.05) is 30.3 Å². The lowest BCUT2D eigenvalue weighted by atomic mass is 9.92. The second kappa shape index (κ2) is 7.81. The van der Waals surface area contributed by atoms with Crippen molar-refractivity contribution in [2.45, 2.75) is 11.4 Å². The van der Waals surface area contributed by atoms with Crippen LogP contribution in [0.1, 0.15) is 11.6 Å². The third-order valence-electron chi connectivity index (χ3n) is 4.62. The number of hydrogen-bond acceptors (Lipinski definition) is 5. The Balaban J connectivity index is 1.57. The topological polar surface area (TPSA) is 88.2 Å². The van der Waals surface area contributed by atoms with E-state index in [0.717, 1.165) is 5.69 Å². The third kappa shape index (κ3) is 3.72. The summed E-state index contributed by atoms with van der Waals surface area (Å²) in [5.41, 5.74) is 2.60. The van der Waals surface area contributed by atoms with Gasteiger partial charge in [0.1, 0.15) is 5.38 Å². The van der Waals surface area contributed by atoms with Gasteiger partial charge in [0.05, 0.1) is 22.3 Å². The number of β-lactam (4-membered cyclic amide) rings is 1. The number of nitrogens with zero attached hydrogens (tertiary/aromatic N) is 4. The Morgan fingerprint density at radius 2 is 1.55 bits per heavy atom. The first-order chi connectivity index (χ1) is 14.0. The van der Waals surface area contributed by atoms with Crippen LogP contribution in [0.5, 0.6) is 0 Å². The lowest BCUT2D eigenvalue weighted by molar-refractivity contribution is -0.384. The van der Waals surface area contributed by atoms with Crippen LogP contribution in [-0.2, 0) is 4.79 Å². The van der Waals surface area contributed by atoms with Crippen LogP contribution < -0.4 is 4.90 Å². The number of nitro benzene ring substituents is 1. The van der Waals surface area contributed by atoms with Gasteiger partial charge < -0.3 is 4.90 Å². The summed E-state index contributed by atoms with van der Waals surface area (Å²) < 4.78 is 0. The first-order valence-electron chi connectivity index (χ1n) is 8.83. The fourth-order valence-corrected chi connectivity index (χ4v) is 3.54. The summed E-state index contributed by atoms with van der Waals surface area (Å²) in [5, 5.41) is 18.6. The molecule has 1 fully saturated rings. The van der Waals surface area contributed by atoms with E-state index in [-0.39, 0.29) is 11.6 Å². The average Bonchev–Trinajstić information content (AvgIpc) is 2.76. The van der Waals surface area contributed by atoms with E-state index in [0.29, 0.717) is 16.9 Å². The maximum atomic E-state index is 12.4. The molecule has 1 aliphatic rings. The fraction of sp³-hybridized carbons (Fsp3) is 0.0952. The molecule has 1 saturated heterocycles. The van der Waals surface area contributed by atoms with Crippen LogP contribution in [0, 0.1) is 10.1 Å². The molecule has 0 bridgehead atoms. The van der Waals surface area contributed by atoms with Crippen LogP contribution >= 0.6 is 11.6 Å². The Labute approximate surface area is 171 Å². The van der Waals surface area contributed by atoms with Crippen LogP contribution in [0.3, 0.4) is 0 Å². The highest BCUT2D eigenvalue weighted by Gasteiger charge is 2.48. The Morgan fingerprint density at radius 1 is 0.897 bits per heavy atom. The minimum Gasteiger partial charge on any atom is -0.302 e. The number of amides is 1. The molecule has 3 aromatic carbocycles. The Morgan fingerprint density at radius 3 is 2.21 bits per heavy atom. The Kier molecular flexibility index (Phi) is 5.05. The number of carbonyl (C=O) groups is 1. The first-order valence-corrected chi connectivity index (χ1v) is 9.26. The molecule has 8 heteroatoms. The minimum atomic E-state index is -0.769. The van der Waals surface area contributed by atoms with Crippen molar-refractivity contribution in [1.82, 2.24) is 0 Å². The summed E-state index contributed by atoms with van der Waals surface area (Å²) in [6, 6.07) is 22.1. The summed E-state index contributed by atoms with van der Waals surface area (Å²) in [6.45, 7) is 0. The van der Waals surface area contributed by atoms with Crippen LogP contribution in [0.4, 0.5) is 22.7 Å². The van der Waals surface area contributed by atoms with Crippen molar-refractivity contribution in [2.24, 2.45) is 10.2 Å². The Bertz CT molecular complexity index is 1090. The number of alkyl halides is 1. The maximum Gasteiger partial charge on any atom is 0.269 e. The molecular weight excluding hydrogens is 392 g/mol. The van der Waals surface area contributed by atoms with E-state index >= 15 is 0 Å². The lowest BCUT2D eigenvalue weighted by Crippen LogP contribution is -2.56. The van der Waals surface area contributed by atoms with Gasteiger partial charge in [0.2, 0.25) is 5.91 Å². The van der Waals surface area contributed by atoms with E-state index in [4.69, 9.17) is 11.6 Å².